The third-order valence-electron chi connectivity index (χ3n) is 2.08. The zero-order valence-electron chi connectivity index (χ0n) is 8.40. The van der Waals surface area contributed by atoms with Gasteiger partial charge in [-0.1, -0.05) is 35.9 Å². The van der Waals surface area contributed by atoms with E-state index >= 15 is 0 Å². The maximum Gasteiger partial charge on any atom is 0.123 e. The van der Waals surface area contributed by atoms with Gasteiger partial charge < -0.3 is 0 Å². The standard InChI is InChI=1S/C13H9ClFN/c14-12-3-1-2-4-13(12)16-9-10-5-7-11(15)8-6-10/h1-9H. The largest absolute Gasteiger partial charge is 0.255 e. The fourth-order valence-electron chi connectivity index (χ4n) is 1.25. The molecule has 80 valence electrons. The summed E-state index contributed by atoms with van der Waals surface area (Å²) >= 11 is 5.94. The van der Waals surface area contributed by atoms with Crippen molar-refractivity contribution in [3.8, 4) is 0 Å². The van der Waals surface area contributed by atoms with Gasteiger partial charge >= 0.3 is 0 Å². The number of aliphatic imine (C=N–C) groups is 1. The number of para-hydroxylation sites is 1. The van der Waals surface area contributed by atoms with E-state index in [4.69, 9.17) is 11.6 Å². The van der Waals surface area contributed by atoms with Crippen molar-refractivity contribution in [2.75, 3.05) is 0 Å². The molecule has 0 unspecified atom stereocenters. The molecule has 0 bridgehead atoms. The van der Waals surface area contributed by atoms with Gasteiger partial charge in [-0.05, 0) is 29.8 Å². The van der Waals surface area contributed by atoms with Gasteiger partial charge in [-0.3, -0.25) is 4.99 Å². The lowest BCUT2D eigenvalue weighted by Crippen LogP contribution is -1.81. The molecule has 0 aliphatic carbocycles. The molecular weight excluding hydrogens is 225 g/mol. The Morgan fingerprint density at radius 3 is 2.38 bits per heavy atom. The van der Waals surface area contributed by atoms with E-state index in [0.717, 1.165) is 5.56 Å². The first-order valence-electron chi connectivity index (χ1n) is 4.80. The first-order valence-corrected chi connectivity index (χ1v) is 5.18. The van der Waals surface area contributed by atoms with Gasteiger partial charge in [0.15, 0.2) is 0 Å². The molecule has 0 N–H and O–H groups in total. The van der Waals surface area contributed by atoms with Crippen LogP contribution in [0.2, 0.25) is 5.02 Å². The van der Waals surface area contributed by atoms with Crippen molar-refractivity contribution >= 4 is 23.5 Å². The van der Waals surface area contributed by atoms with Gasteiger partial charge in [-0.2, -0.15) is 0 Å². The molecule has 16 heavy (non-hydrogen) atoms. The Balaban J connectivity index is 2.21. The maximum atomic E-state index is 12.6. The van der Waals surface area contributed by atoms with Gasteiger partial charge in [0.2, 0.25) is 0 Å². The van der Waals surface area contributed by atoms with E-state index in [-0.39, 0.29) is 5.82 Å². The zero-order valence-corrected chi connectivity index (χ0v) is 9.16. The average molecular weight is 234 g/mol. The molecular formula is C13H9ClFN. The summed E-state index contributed by atoms with van der Waals surface area (Å²) in [5.41, 5.74) is 1.54. The Kier molecular flexibility index (Phi) is 3.32. The predicted molar refractivity (Wildman–Crippen MR) is 65.1 cm³/mol. The monoisotopic (exact) mass is 233 g/mol. The predicted octanol–water partition coefficient (Wildman–Crippen LogP) is 4.23. The highest BCUT2D eigenvalue weighted by atomic mass is 35.5. The summed E-state index contributed by atoms with van der Waals surface area (Å²) in [7, 11) is 0. The van der Waals surface area contributed by atoms with Crippen LogP contribution in [-0.4, -0.2) is 6.21 Å². The van der Waals surface area contributed by atoms with E-state index in [1.54, 1.807) is 24.4 Å². The molecule has 0 radical (unpaired) electrons. The molecule has 0 fully saturated rings. The van der Waals surface area contributed by atoms with Crippen LogP contribution in [-0.2, 0) is 0 Å². The van der Waals surface area contributed by atoms with Crippen LogP contribution >= 0.6 is 11.6 Å². The van der Waals surface area contributed by atoms with E-state index < -0.39 is 0 Å². The number of hydrogen-bond donors (Lipinski definition) is 0. The summed E-state index contributed by atoms with van der Waals surface area (Å²) in [5.74, 6) is -0.255. The first-order chi connectivity index (χ1) is 7.75. The van der Waals surface area contributed by atoms with Crippen molar-refractivity contribution in [1.29, 1.82) is 0 Å². The van der Waals surface area contributed by atoms with E-state index in [1.165, 1.54) is 12.1 Å². The zero-order chi connectivity index (χ0) is 11.4. The fraction of sp³-hybridized carbons (Fsp3) is 0. The van der Waals surface area contributed by atoms with Crippen LogP contribution in [0.1, 0.15) is 5.56 Å². The van der Waals surface area contributed by atoms with Crippen molar-refractivity contribution in [3.05, 3.63) is 64.9 Å². The normalized spacial score (nSPS) is 10.9. The van der Waals surface area contributed by atoms with Crippen molar-refractivity contribution in [2.45, 2.75) is 0 Å². The van der Waals surface area contributed by atoms with Crippen LogP contribution in [0.5, 0.6) is 0 Å². The van der Waals surface area contributed by atoms with Crippen LogP contribution in [0.3, 0.4) is 0 Å². The number of hydrogen-bond acceptors (Lipinski definition) is 1. The summed E-state index contributed by atoms with van der Waals surface area (Å²) in [6, 6.07) is 13.4. The van der Waals surface area contributed by atoms with Crippen LogP contribution in [0, 0.1) is 5.82 Å². The van der Waals surface area contributed by atoms with Crippen LogP contribution in [0.15, 0.2) is 53.5 Å². The van der Waals surface area contributed by atoms with Gasteiger partial charge in [0.1, 0.15) is 5.82 Å². The quantitative estimate of drug-likeness (QED) is 0.689. The third-order valence-corrected chi connectivity index (χ3v) is 2.39. The number of halogens is 2. The van der Waals surface area contributed by atoms with Crippen molar-refractivity contribution in [3.63, 3.8) is 0 Å². The van der Waals surface area contributed by atoms with Crippen molar-refractivity contribution in [1.82, 2.24) is 0 Å². The molecule has 0 saturated carbocycles. The minimum absolute atomic E-state index is 0.255. The van der Waals surface area contributed by atoms with Crippen LogP contribution < -0.4 is 0 Å². The lowest BCUT2D eigenvalue weighted by Gasteiger charge is -1.96. The van der Waals surface area contributed by atoms with E-state index in [9.17, 15) is 4.39 Å². The second kappa shape index (κ2) is 4.90. The molecule has 0 amide bonds. The summed E-state index contributed by atoms with van der Waals surface area (Å²) in [6.45, 7) is 0. The van der Waals surface area contributed by atoms with Gasteiger partial charge in [0.05, 0.1) is 10.7 Å². The maximum absolute atomic E-state index is 12.6. The second-order valence-corrected chi connectivity index (χ2v) is 3.67. The Morgan fingerprint density at radius 1 is 1.00 bits per heavy atom. The Labute approximate surface area is 98.2 Å². The van der Waals surface area contributed by atoms with Gasteiger partial charge in [0, 0.05) is 6.21 Å². The highest BCUT2D eigenvalue weighted by Crippen LogP contribution is 2.23. The summed E-state index contributed by atoms with van der Waals surface area (Å²) < 4.78 is 12.6. The van der Waals surface area contributed by atoms with Crippen LogP contribution in [0.4, 0.5) is 10.1 Å². The summed E-state index contributed by atoms with van der Waals surface area (Å²) in [6.07, 6.45) is 1.65. The molecule has 0 atom stereocenters. The Hall–Kier alpha value is -1.67. The molecule has 2 aromatic rings. The van der Waals surface area contributed by atoms with E-state index in [1.807, 2.05) is 18.2 Å². The second-order valence-electron chi connectivity index (χ2n) is 3.26. The molecule has 0 aromatic heterocycles. The Morgan fingerprint density at radius 2 is 1.69 bits per heavy atom. The first kappa shape index (κ1) is 10.8. The van der Waals surface area contributed by atoms with Gasteiger partial charge in [-0.15, -0.1) is 0 Å². The minimum Gasteiger partial charge on any atom is -0.255 e. The molecule has 3 heteroatoms. The lowest BCUT2D eigenvalue weighted by molar-refractivity contribution is 0.628. The smallest absolute Gasteiger partial charge is 0.123 e. The Bertz CT molecular complexity index is 506. The molecule has 0 spiro atoms. The number of rotatable bonds is 2. The number of nitrogens with zero attached hydrogens (tertiary/aromatic N) is 1. The van der Waals surface area contributed by atoms with Crippen molar-refractivity contribution in [2.24, 2.45) is 4.99 Å². The van der Waals surface area contributed by atoms with Crippen LogP contribution in [0.25, 0.3) is 0 Å². The third kappa shape index (κ3) is 2.67. The molecule has 0 aliphatic rings. The fourth-order valence-corrected chi connectivity index (χ4v) is 1.43. The average Bonchev–Trinajstić information content (AvgIpc) is 2.30. The van der Waals surface area contributed by atoms with Gasteiger partial charge in [-0.25, -0.2) is 4.39 Å². The highest BCUT2D eigenvalue weighted by molar-refractivity contribution is 6.33. The lowest BCUT2D eigenvalue weighted by atomic mass is 10.2. The SMILES string of the molecule is Fc1ccc(C=Nc2ccccc2Cl)cc1. The van der Waals surface area contributed by atoms with Gasteiger partial charge in [0.25, 0.3) is 0 Å². The number of benzene rings is 2. The molecule has 0 aliphatic heterocycles. The molecule has 2 rings (SSSR count). The topological polar surface area (TPSA) is 12.4 Å². The summed E-state index contributed by atoms with van der Waals surface area (Å²) in [5, 5.41) is 0.598. The minimum atomic E-state index is -0.255. The molecule has 2 aromatic carbocycles. The molecule has 0 heterocycles. The highest BCUT2D eigenvalue weighted by Gasteiger charge is 1.95. The van der Waals surface area contributed by atoms with E-state index in [0.29, 0.717) is 10.7 Å². The summed E-state index contributed by atoms with van der Waals surface area (Å²) in [4.78, 5) is 4.23. The molecule has 0 saturated heterocycles. The molecule has 1 nitrogen and oxygen atoms in total. The van der Waals surface area contributed by atoms with Crippen molar-refractivity contribution < 1.29 is 4.39 Å². The van der Waals surface area contributed by atoms with E-state index in [2.05, 4.69) is 4.99 Å².